The molecule has 0 bridgehead atoms. The second-order valence-electron chi connectivity index (χ2n) is 10.8. The number of aliphatic hydroxyl groups is 1. The van der Waals surface area contributed by atoms with Crippen LogP contribution in [0.2, 0.25) is 0 Å². The Morgan fingerprint density at radius 1 is 1.00 bits per heavy atom. The third kappa shape index (κ3) is 9.82. The van der Waals surface area contributed by atoms with Gasteiger partial charge in [-0.2, -0.15) is 0 Å². The summed E-state index contributed by atoms with van der Waals surface area (Å²) in [5.74, 6) is -1.26. The zero-order chi connectivity index (χ0) is 29.8. The van der Waals surface area contributed by atoms with Gasteiger partial charge in [0.15, 0.2) is 0 Å². The molecule has 2 aromatic carbocycles. The number of hydrogen-bond acceptors (Lipinski definition) is 6. The van der Waals surface area contributed by atoms with Crippen LogP contribution >= 0.6 is 0 Å². The van der Waals surface area contributed by atoms with Crippen molar-refractivity contribution >= 4 is 17.7 Å². The first-order valence-electron chi connectivity index (χ1n) is 14.4. The highest BCUT2D eigenvalue weighted by Gasteiger charge is 2.31. The van der Waals surface area contributed by atoms with Crippen molar-refractivity contribution in [2.24, 2.45) is 5.92 Å². The zero-order valence-corrected chi connectivity index (χ0v) is 24.1. The molecule has 41 heavy (non-hydrogen) atoms. The monoisotopic (exact) mass is 570 g/mol. The highest BCUT2D eigenvalue weighted by atomic mass is 19.1. The lowest BCUT2D eigenvalue weighted by Crippen LogP contribution is -2.59. The minimum Gasteiger partial charge on any atom is -0.492 e. The number of para-hydroxylation sites is 1. The molecule has 0 spiro atoms. The number of carbonyl (C=O) groups is 3. The summed E-state index contributed by atoms with van der Waals surface area (Å²) >= 11 is 0. The molecule has 9 nitrogen and oxygen atoms in total. The molecular formula is C31H43FN4O5. The number of nitrogens with one attached hydrogen (secondary N) is 4. The molecule has 0 saturated carbocycles. The third-order valence-electron chi connectivity index (χ3n) is 7.09. The van der Waals surface area contributed by atoms with Crippen LogP contribution in [0.3, 0.4) is 0 Å². The Kier molecular flexibility index (Phi) is 12.6. The molecule has 10 heteroatoms. The van der Waals surface area contributed by atoms with E-state index in [4.69, 9.17) is 4.74 Å². The summed E-state index contributed by atoms with van der Waals surface area (Å²) in [6.07, 6.45) is 2.57. The van der Waals surface area contributed by atoms with Crippen molar-refractivity contribution in [1.82, 2.24) is 21.3 Å². The number of amides is 3. The first-order valence-corrected chi connectivity index (χ1v) is 14.4. The molecule has 4 atom stereocenters. The maximum atomic E-state index is 14.0. The molecule has 2 aromatic rings. The highest BCUT2D eigenvalue weighted by molar-refractivity contribution is 5.93. The largest absolute Gasteiger partial charge is 0.492 e. The molecular weight excluding hydrogens is 527 g/mol. The lowest BCUT2D eigenvalue weighted by atomic mass is 9.99. The second-order valence-corrected chi connectivity index (χ2v) is 10.8. The first-order chi connectivity index (χ1) is 19.7. The molecule has 1 aliphatic rings. The van der Waals surface area contributed by atoms with Gasteiger partial charge in [-0.05, 0) is 60.9 Å². The van der Waals surface area contributed by atoms with Gasteiger partial charge in [0.1, 0.15) is 30.3 Å². The van der Waals surface area contributed by atoms with Crippen molar-refractivity contribution in [2.75, 3.05) is 19.8 Å². The predicted molar refractivity (Wildman–Crippen MR) is 155 cm³/mol. The number of benzene rings is 2. The number of fused-ring (bicyclic) bond motifs is 1. The number of rotatable bonds is 6. The van der Waals surface area contributed by atoms with Crippen LogP contribution in [0, 0.1) is 11.7 Å². The van der Waals surface area contributed by atoms with Crippen LogP contribution in [0.15, 0.2) is 48.5 Å². The van der Waals surface area contributed by atoms with Gasteiger partial charge in [0.2, 0.25) is 17.7 Å². The fourth-order valence-corrected chi connectivity index (χ4v) is 4.83. The van der Waals surface area contributed by atoms with E-state index in [0.29, 0.717) is 43.5 Å². The molecule has 0 aromatic heterocycles. The Bertz CT molecular complexity index is 1160. The van der Waals surface area contributed by atoms with Crippen molar-refractivity contribution < 1.29 is 28.6 Å². The van der Waals surface area contributed by atoms with Gasteiger partial charge < -0.3 is 25.8 Å². The molecule has 5 N–H and O–H groups in total. The molecule has 3 rings (SSSR count). The minimum absolute atomic E-state index is 0.0734. The first kappa shape index (κ1) is 32.0. The average Bonchev–Trinajstić information content (AvgIpc) is 2.95. The summed E-state index contributed by atoms with van der Waals surface area (Å²) in [7, 11) is 0. The Labute approximate surface area is 241 Å². The van der Waals surface area contributed by atoms with Crippen LogP contribution in [-0.4, -0.2) is 66.8 Å². The van der Waals surface area contributed by atoms with E-state index in [9.17, 15) is 23.9 Å². The van der Waals surface area contributed by atoms with Crippen molar-refractivity contribution in [1.29, 1.82) is 0 Å². The molecule has 3 amide bonds. The highest BCUT2D eigenvalue weighted by Crippen LogP contribution is 2.20. The second kappa shape index (κ2) is 16.1. The van der Waals surface area contributed by atoms with Gasteiger partial charge >= 0.3 is 0 Å². The van der Waals surface area contributed by atoms with Crippen molar-refractivity contribution in [3.63, 3.8) is 0 Å². The zero-order valence-electron chi connectivity index (χ0n) is 24.1. The number of carbonyl (C=O) groups excluding carboxylic acids is 3. The molecule has 1 aliphatic heterocycles. The van der Waals surface area contributed by atoms with Crippen molar-refractivity contribution in [2.45, 2.75) is 77.0 Å². The van der Waals surface area contributed by atoms with Crippen LogP contribution in [0.4, 0.5) is 4.39 Å². The van der Waals surface area contributed by atoms with E-state index in [1.54, 1.807) is 12.1 Å². The Morgan fingerprint density at radius 2 is 1.78 bits per heavy atom. The summed E-state index contributed by atoms with van der Waals surface area (Å²) in [5.41, 5.74) is 1.53. The molecule has 0 unspecified atom stereocenters. The summed E-state index contributed by atoms with van der Waals surface area (Å²) < 4.78 is 20.0. The van der Waals surface area contributed by atoms with Gasteiger partial charge in [0.25, 0.3) is 0 Å². The van der Waals surface area contributed by atoms with E-state index in [1.807, 2.05) is 45.0 Å². The number of hydrogen-bond donors (Lipinski definition) is 5. The van der Waals surface area contributed by atoms with Gasteiger partial charge in [-0.1, -0.05) is 57.5 Å². The van der Waals surface area contributed by atoms with E-state index >= 15 is 0 Å². The van der Waals surface area contributed by atoms with Gasteiger partial charge in [-0.15, -0.1) is 0 Å². The van der Waals surface area contributed by atoms with E-state index < -0.39 is 41.8 Å². The normalized spacial score (nSPS) is 23.3. The van der Waals surface area contributed by atoms with E-state index in [0.717, 1.165) is 5.56 Å². The summed E-state index contributed by atoms with van der Waals surface area (Å²) in [6, 6.07) is 10.3. The standard InChI is InChI=1S/C31H43FN4O5/c1-4-9-25-29(38)33-15-8-12-22-11-5-6-14-27(22)41-19-24(18-37)34-26(17-21-10-7-13-23(32)16-21)30(39)36-28(20(2)3)31(40)35-25/h5-7,10-11,13-14,16,20,24-26,28,34,37H,4,8-9,12,15,17-19H2,1-3H3,(H,33,38)(H,35,40)(H,36,39)/t24-,25-,26+,28+/m0/s1. The predicted octanol–water partition coefficient (Wildman–Crippen LogP) is 2.25. The summed E-state index contributed by atoms with van der Waals surface area (Å²) in [4.78, 5) is 40.0. The molecule has 0 saturated heterocycles. The van der Waals surface area contributed by atoms with Crippen molar-refractivity contribution in [3.8, 4) is 5.75 Å². The van der Waals surface area contributed by atoms with Gasteiger partial charge in [-0.3, -0.25) is 19.7 Å². The molecule has 0 radical (unpaired) electrons. The topological polar surface area (TPSA) is 129 Å². The quantitative estimate of drug-likeness (QED) is 0.363. The maximum Gasteiger partial charge on any atom is 0.243 e. The molecule has 224 valence electrons. The van der Waals surface area contributed by atoms with Crippen LogP contribution in [-0.2, 0) is 27.2 Å². The van der Waals surface area contributed by atoms with Crippen LogP contribution in [0.1, 0.15) is 51.2 Å². The summed E-state index contributed by atoms with van der Waals surface area (Å²) in [5, 5.41) is 21.9. The molecule has 0 aliphatic carbocycles. The number of aryl methyl sites for hydroxylation is 1. The molecule has 0 fully saturated rings. The molecule has 1 heterocycles. The third-order valence-corrected chi connectivity index (χ3v) is 7.09. The Morgan fingerprint density at radius 3 is 2.49 bits per heavy atom. The maximum absolute atomic E-state index is 14.0. The van der Waals surface area contributed by atoms with E-state index in [1.165, 1.54) is 12.1 Å². The lowest BCUT2D eigenvalue weighted by Gasteiger charge is -2.29. The van der Waals surface area contributed by atoms with Crippen LogP contribution in [0.5, 0.6) is 5.75 Å². The minimum atomic E-state index is -0.916. The van der Waals surface area contributed by atoms with Gasteiger partial charge in [-0.25, -0.2) is 4.39 Å². The van der Waals surface area contributed by atoms with E-state index in [2.05, 4.69) is 21.3 Å². The van der Waals surface area contributed by atoms with Gasteiger partial charge in [0, 0.05) is 6.54 Å². The average molecular weight is 571 g/mol. The number of aliphatic hydroxyl groups excluding tert-OH is 1. The Balaban J connectivity index is 1.93. The van der Waals surface area contributed by atoms with Crippen LogP contribution < -0.4 is 26.0 Å². The van der Waals surface area contributed by atoms with E-state index in [-0.39, 0.29) is 31.5 Å². The Hall–Kier alpha value is -3.50. The number of ether oxygens (including phenoxy) is 1. The number of halogens is 1. The van der Waals surface area contributed by atoms with Crippen molar-refractivity contribution in [3.05, 3.63) is 65.5 Å². The smallest absolute Gasteiger partial charge is 0.243 e. The van der Waals surface area contributed by atoms with Gasteiger partial charge in [0.05, 0.1) is 18.7 Å². The SMILES string of the molecule is CCC[C@@H]1NC(=O)[C@@H](C(C)C)NC(=O)[C@@H](Cc2cccc(F)c2)N[C@@H](CO)COc2ccccc2CCCNC1=O. The fourth-order valence-electron chi connectivity index (χ4n) is 4.83. The lowest BCUT2D eigenvalue weighted by molar-refractivity contribution is -0.133. The fraction of sp³-hybridized carbons (Fsp3) is 0.516. The summed E-state index contributed by atoms with van der Waals surface area (Å²) in [6.45, 7) is 5.74. The van der Waals surface area contributed by atoms with Crippen LogP contribution in [0.25, 0.3) is 0 Å².